The number of hydrogen-bond donors (Lipinski definition) is 1. The standard InChI is InChI=1S/C14H6Cl2F2N2OS/c15-9-1-2-10-12(11(9)16)22-14(19-10)20-13(21)6-3-7(17)5-8(18)4-6/h1-5H,(H,19,20,21). The predicted octanol–water partition coefficient (Wildman–Crippen LogP) is 5.13. The Morgan fingerprint density at radius 3 is 2.50 bits per heavy atom. The average molecular weight is 359 g/mol. The summed E-state index contributed by atoms with van der Waals surface area (Å²) < 4.78 is 26.9. The molecule has 0 saturated heterocycles. The number of benzene rings is 2. The van der Waals surface area contributed by atoms with Crippen LogP contribution >= 0.6 is 34.5 Å². The summed E-state index contributed by atoms with van der Waals surface area (Å²) in [6.07, 6.45) is 0. The van der Waals surface area contributed by atoms with Gasteiger partial charge in [-0.1, -0.05) is 34.5 Å². The molecule has 0 unspecified atom stereocenters. The highest BCUT2D eigenvalue weighted by Crippen LogP contribution is 2.36. The molecule has 0 spiro atoms. The molecule has 2 aromatic carbocycles. The Hall–Kier alpha value is -1.76. The molecule has 0 radical (unpaired) electrons. The van der Waals surface area contributed by atoms with Crippen LogP contribution in [-0.4, -0.2) is 10.9 Å². The third-order valence-electron chi connectivity index (χ3n) is 2.80. The summed E-state index contributed by atoms with van der Waals surface area (Å²) in [7, 11) is 0. The SMILES string of the molecule is O=C(Nc1nc2ccc(Cl)c(Cl)c2s1)c1cc(F)cc(F)c1. The third-order valence-corrected chi connectivity index (χ3v) is 4.72. The summed E-state index contributed by atoms with van der Waals surface area (Å²) in [6.45, 7) is 0. The molecule has 0 fully saturated rings. The normalized spacial score (nSPS) is 10.9. The highest BCUT2D eigenvalue weighted by atomic mass is 35.5. The Morgan fingerprint density at radius 1 is 1.14 bits per heavy atom. The first-order chi connectivity index (χ1) is 10.4. The number of thiazole rings is 1. The lowest BCUT2D eigenvalue weighted by molar-refractivity contribution is 0.102. The minimum atomic E-state index is -0.829. The van der Waals surface area contributed by atoms with Gasteiger partial charge < -0.3 is 0 Å². The number of anilines is 1. The minimum Gasteiger partial charge on any atom is -0.298 e. The van der Waals surface area contributed by atoms with Gasteiger partial charge in [0.15, 0.2) is 5.13 Å². The summed E-state index contributed by atoms with van der Waals surface area (Å²) in [5.41, 5.74) is 0.431. The number of nitrogens with zero attached hydrogens (tertiary/aromatic N) is 1. The molecule has 1 aromatic heterocycles. The van der Waals surface area contributed by atoms with E-state index >= 15 is 0 Å². The van der Waals surface area contributed by atoms with Crippen molar-refractivity contribution in [2.75, 3.05) is 5.32 Å². The lowest BCUT2D eigenvalue weighted by Gasteiger charge is -2.02. The third kappa shape index (κ3) is 2.90. The number of amides is 1. The number of halogens is 4. The van der Waals surface area contributed by atoms with E-state index < -0.39 is 17.5 Å². The van der Waals surface area contributed by atoms with Gasteiger partial charge in [0, 0.05) is 11.6 Å². The number of rotatable bonds is 2. The van der Waals surface area contributed by atoms with Gasteiger partial charge in [-0.25, -0.2) is 13.8 Å². The fourth-order valence-corrected chi connectivity index (χ4v) is 3.23. The van der Waals surface area contributed by atoms with Crippen LogP contribution in [0, 0.1) is 11.6 Å². The van der Waals surface area contributed by atoms with Crippen molar-refractivity contribution in [3.05, 3.63) is 57.6 Å². The van der Waals surface area contributed by atoms with Gasteiger partial charge in [-0.2, -0.15) is 0 Å². The van der Waals surface area contributed by atoms with Crippen molar-refractivity contribution < 1.29 is 13.6 Å². The molecule has 0 aliphatic rings. The first-order valence-corrected chi connectivity index (χ1v) is 7.53. The fourth-order valence-electron chi connectivity index (χ4n) is 1.84. The molecule has 22 heavy (non-hydrogen) atoms. The number of hydrogen-bond acceptors (Lipinski definition) is 3. The number of fused-ring (bicyclic) bond motifs is 1. The van der Waals surface area contributed by atoms with Gasteiger partial charge in [0.2, 0.25) is 0 Å². The van der Waals surface area contributed by atoms with Crippen molar-refractivity contribution in [2.24, 2.45) is 0 Å². The summed E-state index contributed by atoms with van der Waals surface area (Å²) >= 11 is 13.1. The van der Waals surface area contributed by atoms with Crippen molar-refractivity contribution in [3.8, 4) is 0 Å². The smallest absolute Gasteiger partial charge is 0.257 e. The van der Waals surface area contributed by atoms with Gasteiger partial charge in [0.25, 0.3) is 5.91 Å². The molecule has 1 heterocycles. The van der Waals surface area contributed by atoms with E-state index in [-0.39, 0.29) is 10.7 Å². The average Bonchev–Trinajstić information content (AvgIpc) is 2.85. The van der Waals surface area contributed by atoms with Crippen molar-refractivity contribution in [1.82, 2.24) is 4.98 Å². The topological polar surface area (TPSA) is 42.0 Å². The summed E-state index contributed by atoms with van der Waals surface area (Å²) in [5, 5.41) is 3.46. The van der Waals surface area contributed by atoms with Crippen molar-refractivity contribution in [1.29, 1.82) is 0 Å². The molecule has 0 aliphatic carbocycles. The van der Waals surface area contributed by atoms with E-state index in [4.69, 9.17) is 23.2 Å². The number of aromatic nitrogens is 1. The lowest BCUT2D eigenvalue weighted by atomic mass is 10.2. The molecule has 8 heteroatoms. The molecular formula is C14H6Cl2F2N2OS. The molecule has 0 bridgehead atoms. The van der Waals surface area contributed by atoms with E-state index in [2.05, 4.69) is 10.3 Å². The molecule has 3 nitrogen and oxygen atoms in total. The van der Waals surface area contributed by atoms with Gasteiger partial charge in [-0.05, 0) is 24.3 Å². The van der Waals surface area contributed by atoms with Gasteiger partial charge in [-0.15, -0.1) is 0 Å². The Balaban J connectivity index is 1.92. The van der Waals surface area contributed by atoms with Crippen molar-refractivity contribution in [3.63, 3.8) is 0 Å². The maximum atomic E-state index is 13.1. The molecule has 0 saturated carbocycles. The van der Waals surface area contributed by atoms with Crippen LogP contribution in [-0.2, 0) is 0 Å². The Morgan fingerprint density at radius 2 is 1.82 bits per heavy atom. The molecule has 0 aliphatic heterocycles. The Labute approximate surface area is 137 Å². The second-order valence-electron chi connectivity index (χ2n) is 4.34. The van der Waals surface area contributed by atoms with Crippen molar-refractivity contribution >= 4 is 55.8 Å². The van der Waals surface area contributed by atoms with E-state index in [1.165, 1.54) is 0 Å². The zero-order chi connectivity index (χ0) is 15.9. The number of nitrogens with one attached hydrogen (secondary N) is 1. The van der Waals surface area contributed by atoms with Gasteiger partial charge in [0.1, 0.15) is 11.6 Å². The van der Waals surface area contributed by atoms with E-state index in [9.17, 15) is 13.6 Å². The van der Waals surface area contributed by atoms with Crippen LogP contribution < -0.4 is 5.32 Å². The maximum Gasteiger partial charge on any atom is 0.257 e. The lowest BCUT2D eigenvalue weighted by Crippen LogP contribution is -2.12. The molecule has 112 valence electrons. The first-order valence-electron chi connectivity index (χ1n) is 5.96. The summed E-state index contributed by atoms with van der Waals surface area (Å²) in [6, 6.07) is 5.83. The highest BCUT2D eigenvalue weighted by molar-refractivity contribution is 7.23. The molecular weight excluding hydrogens is 353 g/mol. The second-order valence-corrected chi connectivity index (χ2v) is 6.13. The predicted molar refractivity (Wildman–Crippen MR) is 84.0 cm³/mol. The number of carbonyl (C=O) groups excluding carboxylic acids is 1. The Kier molecular flexibility index (Phi) is 3.99. The highest BCUT2D eigenvalue weighted by Gasteiger charge is 2.14. The van der Waals surface area contributed by atoms with Gasteiger partial charge in [0.05, 0.1) is 20.3 Å². The zero-order valence-corrected chi connectivity index (χ0v) is 13.0. The molecule has 0 atom stereocenters. The van der Waals surface area contributed by atoms with Crippen LogP contribution in [0.25, 0.3) is 10.2 Å². The van der Waals surface area contributed by atoms with E-state index in [0.29, 0.717) is 26.3 Å². The monoisotopic (exact) mass is 358 g/mol. The van der Waals surface area contributed by atoms with Crippen LogP contribution in [0.3, 0.4) is 0 Å². The summed E-state index contributed by atoms with van der Waals surface area (Å²) in [4.78, 5) is 16.2. The zero-order valence-electron chi connectivity index (χ0n) is 10.7. The van der Waals surface area contributed by atoms with Crippen LogP contribution in [0.15, 0.2) is 30.3 Å². The van der Waals surface area contributed by atoms with E-state index in [1.54, 1.807) is 12.1 Å². The van der Waals surface area contributed by atoms with Crippen LogP contribution in [0.5, 0.6) is 0 Å². The molecule has 3 rings (SSSR count). The largest absolute Gasteiger partial charge is 0.298 e. The maximum absolute atomic E-state index is 13.1. The van der Waals surface area contributed by atoms with Crippen LogP contribution in [0.1, 0.15) is 10.4 Å². The van der Waals surface area contributed by atoms with E-state index in [1.807, 2.05) is 0 Å². The van der Waals surface area contributed by atoms with Gasteiger partial charge in [-0.3, -0.25) is 10.1 Å². The van der Waals surface area contributed by atoms with Crippen molar-refractivity contribution in [2.45, 2.75) is 0 Å². The number of carbonyl (C=O) groups is 1. The fraction of sp³-hybridized carbons (Fsp3) is 0. The van der Waals surface area contributed by atoms with Gasteiger partial charge >= 0.3 is 0 Å². The first kappa shape index (κ1) is 15.1. The van der Waals surface area contributed by atoms with Crippen LogP contribution in [0.2, 0.25) is 10.0 Å². The minimum absolute atomic E-state index is 0.138. The second kappa shape index (κ2) is 5.79. The van der Waals surface area contributed by atoms with Crippen LogP contribution in [0.4, 0.5) is 13.9 Å². The Bertz CT molecular complexity index is 878. The summed E-state index contributed by atoms with van der Waals surface area (Å²) in [5.74, 6) is -2.33. The molecule has 1 N–H and O–H groups in total. The quantitative estimate of drug-likeness (QED) is 0.689. The van der Waals surface area contributed by atoms with E-state index in [0.717, 1.165) is 23.5 Å². The molecule has 1 amide bonds. The molecule has 3 aromatic rings.